The van der Waals surface area contributed by atoms with Gasteiger partial charge in [-0.2, -0.15) is 0 Å². The van der Waals surface area contributed by atoms with E-state index >= 15 is 0 Å². The molecule has 0 saturated heterocycles. The average molecular weight is 252 g/mol. The maximum Gasteiger partial charge on any atom is 0.147 e. The van der Waals surface area contributed by atoms with Gasteiger partial charge in [-0.3, -0.25) is 0 Å². The molecule has 0 atom stereocenters. The van der Waals surface area contributed by atoms with Crippen molar-refractivity contribution in [2.45, 2.75) is 25.2 Å². The largest absolute Gasteiger partial charge is 0.360 e. The lowest BCUT2D eigenvalue weighted by atomic mass is 9.82. The number of fused-ring (bicyclic) bond motifs is 1. The number of benzene rings is 1. The van der Waals surface area contributed by atoms with E-state index in [1.807, 2.05) is 12.1 Å². The van der Waals surface area contributed by atoms with Crippen molar-refractivity contribution < 1.29 is 4.52 Å². The predicted molar refractivity (Wildman–Crippen MR) is 58.3 cm³/mol. The zero-order valence-corrected chi connectivity index (χ0v) is 9.25. The second-order valence-corrected chi connectivity index (χ2v) is 4.75. The molecule has 0 bridgehead atoms. The van der Waals surface area contributed by atoms with Crippen LogP contribution in [0.1, 0.15) is 30.9 Å². The summed E-state index contributed by atoms with van der Waals surface area (Å²) in [4.78, 5) is 0. The zero-order valence-electron chi connectivity index (χ0n) is 7.66. The van der Waals surface area contributed by atoms with E-state index in [9.17, 15) is 0 Å². The zero-order chi connectivity index (χ0) is 9.54. The smallest absolute Gasteiger partial charge is 0.147 e. The Morgan fingerprint density at radius 3 is 2.93 bits per heavy atom. The van der Waals surface area contributed by atoms with Gasteiger partial charge in [-0.25, -0.2) is 0 Å². The molecule has 0 radical (unpaired) electrons. The van der Waals surface area contributed by atoms with Crippen LogP contribution in [0.25, 0.3) is 10.9 Å². The Morgan fingerprint density at radius 1 is 1.36 bits per heavy atom. The first-order chi connectivity index (χ1) is 6.84. The Kier molecular flexibility index (Phi) is 1.87. The summed E-state index contributed by atoms with van der Waals surface area (Å²) < 4.78 is 6.49. The lowest BCUT2D eigenvalue weighted by molar-refractivity contribution is 0.305. The van der Waals surface area contributed by atoms with Gasteiger partial charge < -0.3 is 4.52 Å². The molecule has 0 N–H and O–H groups in total. The van der Waals surface area contributed by atoms with Crippen LogP contribution in [0.15, 0.2) is 27.2 Å². The summed E-state index contributed by atoms with van der Waals surface area (Å²) in [6, 6.07) is 6.08. The van der Waals surface area contributed by atoms with Gasteiger partial charge in [0.05, 0.1) is 0 Å². The molecular formula is C11H10BrNO. The second-order valence-electron chi connectivity index (χ2n) is 3.84. The number of hydrogen-bond acceptors (Lipinski definition) is 2. The van der Waals surface area contributed by atoms with Crippen molar-refractivity contribution in [3.8, 4) is 0 Å². The van der Waals surface area contributed by atoms with Crippen LogP contribution in [0.5, 0.6) is 0 Å². The normalized spacial score (nSPS) is 17.2. The highest BCUT2D eigenvalue weighted by atomic mass is 79.9. The fraction of sp³-hybridized carbons (Fsp3) is 0.364. The first-order valence-electron chi connectivity index (χ1n) is 4.89. The molecule has 1 heterocycles. The van der Waals surface area contributed by atoms with Crippen molar-refractivity contribution in [1.29, 1.82) is 0 Å². The predicted octanol–water partition coefficient (Wildman–Crippen LogP) is 3.86. The van der Waals surface area contributed by atoms with Gasteiger partial charge >= 0.3 is 0 Å². The lowest BCUT2D eigenvalue weighted by Crippen LogP contribution is -2.07. The number of halogens is 1. The quantitative estimate of drug-likeness (QED) is 0.770. The molecule has 2 nitrogen and oxygen atoms in total. The fourth-order valence-electron chi connectivity index (χ4n) is 1.90. The summed E-state index contributed by atoms with van der Waals surface area (Å²) in [5.74, 6) is 1.68. The average Bonchev–Trinajstić information content (AvgIpc) is 2.46. The molecule has 0 amide bonds. The summed E-state index contributed by atoms with van der Waals surface area (Å²) in [5, 5.41) is 5.24. The van der Waals surface area contributed by atoms with Crippen molar-refractivity contribution >= 4 is 26.8 Å². The van der Waals surface area contributed by atoms with Crippen LogP contribution in [0.4, 0.5) is 0 Å². The Labute approximate surface area is 90.4 Å². The van der Waals surface area contributed by atoms with Crippen molar-refractivity contribution in [2.75, 3.05) is 0 Å². The maximum absolute atomic E-state index is 5.40. The Hall–Kier alpha value is -0.830. The minimum atomic E-state index is 0.606. The van der Waals surface area contributed by atoms with Gasteiger partial charge in [-0.15, -0.1) is 0 Å². The first kappa shape index (κ1) is 8.48. The van der Waals surface area contributed by atoms with Gasteiger partial charge in [0.1, 0.15) is 11.3 Å². The Balaban J connectivity index is 2.18. The van der Waals surface area contributed by atoms with E-state index in [0.717, 1.165) is 15.7 Å². The van der Waals surface area contributed by atoms with Gasteiger partial charge in [0, 0.05) is 15.8 Å². The van der Waals surface area contributed by atoms with Crippen molar-refractivity contribution in [3.63, 3.8) is 0 Å². The van der Waals surface area contributed by atoms with Crippen LogP contribution in [-0.2, 0) is 0 Å². The van der Waals surface area contributed by atoms with E-state index in [1.165, 1.54) is 24.6 Å². The van der Waals surface area contributed by atoms with E-state index in [1.54, 1.807) is 0 Å². The van der Waals surface area contributed by atoms with Gasteiger partial charge in [0.2, 0.25) is 0 Å². The molecule has 0 unspecified atom stereocenters. The topological polar surface area (TPSA) is 26.0 Å². The standard InChI is InChI=1S/C11H10BrNO/c12-8-4-5-10-9(6-8)11(14-13-10)7-2-1-3-7/h4-7H,1-3H2. The highest BCUT2D eigenvalue weighted by molar-refractivity contribution is 9.10. The third-order valence-corrected chi connectivity index (χ3v) is 3.44. The molecule has 1 fully saturated rings. The highest BCUT2D eigenvalue weighted by Gasteiger charge is 2.25. The van der Waals surface area contributed by atoms with Gasteiger partial charge in [-0.05, 0) is 31.0 Å². The molecular weight excluding hydrogens is 242 g/mol. The molecule has 3 heteroatoms. The number of rotatable bonds is 1. The molecule has 14 heavy (non-hydrogen) atoms. The van der Waals surface area contributed by atoms with Crippen LogP contribution >= 0.6 is 15.9 Å². The molecule has 1 aliphatic rings. The third-order valence-electron chi connectivity index (χ3n) is 2.94. The summed E-state index contributed by atoms with van der Waals surface area (Å²) >= 11 is 3.47. The SMILES string of the molecule is Brc1ccc2noc(C3CCC3)c2c1. The maximum atomic E-state index is 5.40. The van der Waals surface area contributed by atoms with E-state index in [4.69, 9.17) is 4.52 Å². The van der Waals surface area contributed by atoms with Crippen molar-refractivity contribution in [2.24, 2.45) is 0 Å². The molecule has 0 spiro atoms. The number of aromatic nitrogens is 1. The van der Waals surface area contributed by atoms with Crippen molar-refractivity contribution in [3.05, 3.63) is 28.4 Å². The summed E-state index contributed by atoms with van der Waals surface area (Å²) in [5.41, 5.74) is 0.968. The van der Waals surface area contributed by atoms with Gasteiger partial charge in [-0.1, -0.05) is 27.5 Å². The second kappa shape index (κ2) is 3.09. The first-order valence-corrected chi connectivity index (χ1v) is 5.69. The van der Waals surface area contributed by atoms with E-state index in [2.05, 4.69) is 27.2 Å². The fourth-order valence-corrected chi connectivity index (χ4v) is 2.26. The minimum absolute atomic E-state index is 0.606. The van der Waals surface area contributed by atoms with E-state index < -0.39 is 0 Å². The summed E-state index contributed by atoms with van der Waals surface area (Å²) in [6.07, 6.45) is 3.81. The lowest BCUT2D eigenvalue weighted by Gasteiger charge is -2.22. The molecule has 1 aromatic heterocycles. The molecule has 2 aromatic rings. The van der Waals surface area contributed by atoms with Crippen molar-refractivity contribution in [1.82, 2.24) is 5.16 Å². The van der Waals surface area contributed by atoms with Gasteiger partial charge in [0.15, 0.2) is 0 Å². The monoisotopic (exact) mass is 251 g/mol. The van der Waals surface area contributed by atoms with Crippen LogP contribution in [0, 0.1) is 0 Å². The molecule has 1 aromatic carbocycles. The molecule has 1 aliphatic carbocycles. The van der Waals surface area contributed by atoms with Crippen LogP contribution in [0.2, 0.25) is 0 Å². The molecule has 3 rings (SSSR count). The number of nitrogens with zero attached hydrogens (tertiary/aromatic N) is 1. The number of hydrogen-bond donors (Lipinski definition) is 0. The van der Waals surface area contributed by atoms with Crippen LogP contribution < -0.4 is 0 Å². The molecule has 72 valence electrons. The third kappa shape index (κ3) is 1.19. The Bertz CT molecular complexity index is 473. The minimum Gasteiger partial charge on any atom is -0.360 e. The molecule has 1 saturated carbocycles. The Morgan fingerprint density at radius 2 is 2.21 bits per heavy atom. The van der Waals surface area contributed by atoms with E-state index in [-0.39, 0.29) is 0 Å². The summed E-state index contributed by atoms with van der Waals surface area (Å²) in [6.45, 7) is 0. The van der Waals surface area contributed by atoms with Crippen LogP contribution in [-0.4, -0.2) is 5.16 Å². The summed E-state index contributed by atoms with van der Waals surface area (Å²) in [7, 11) is 0. The van der Waals surface area contributed by atoms with Gasteiger partial charge in [0.25, 0.3) is 0 Å². The molecule has 0 aliphatic heterocycles. The highest BCUT2D eigenvalue weighted by Crippen LogP contribution is 2.40. The van der Waals surface area contributed by atoms with Crippen LogP contribution in [0.3, 0.4) is 0 Å². The van der Waals surface area contributed by atoms with E-state index in [0.29, 0.717) is 5.92 Å².